The standard InChI is InChI=1S/C26H24N2O3S/c1-18-23(19(2)31-28-18)16-30-22-12-8-11-21(15-22)26(29)27-24-13-6-7-14-25(24)32-17-20-9-4-3-5-10-20/h3-15H,16-17H2,1-2H3,(H,27,29). The van der Waals surface area contributed by atoms with Crippen molar-refractivity contribution in [2.24, 2.45) is 0 Å². The van der Waals surface area contributed by atoms with Crippen LogP contribution in [0.25, 0.3) is 0 Å². The van der Waals surface area contributed by atoms with Crippen LogP contribution < -0.4 is 10.1 Å². The highest BCUT2D eigenvalue weighted by Gasteiger charge is 2.12. The zero-order valence-electron chi connectivity index (χ0n) is 18.0. The van der Waals surface area contributed by atoms with Crippen LogP contribution in [0.3, 0.4) is 0 Å². The molecule has 6 heteroatoms. The molecule has 0 unspecified atom stereocenters. The predicted molar refractivity (Wildman–Crippen MR) is 127 cm³/mol. The smallest absolute Gasteiger partial charge is 0.255 e. The molecule has 4 rings (SSSR count). The maximum Gasteiger partial charge on any atom is 0.255 e. The average Bonchev–Trinajstić information content (AvgIpc) is 3.15. The van der Waals surface area contributed by atoms with Crippen LogP contribution in [0.4, 0.5) is 5.69 Å². The molecule has 162 valence electrons. The first-order chi connectivity index (χ1) is 15.6. The quantitative estimate of drug-likeness (QED) is 0.318. The van der Waals surface area contributed by atoms with E-state index in [-0.39, 0.29) is 5.91 Å². The Bertz CT molecular complexity index is 1190. The molecule has 0 saturated carbocycles. The molecule has 0 aliphatic rings. The number of amides is 1. The van der Waals surface area contributed by atoms with Crippen LogP contribution in [-0.2, 0) is 12.4 Å². The first kappa shape index (κ1) is 21.7. The second-order valence-corrected chi connectivity index (χ2v) is 8.36. The molecular weight excluding hydrogens is 420 g/mol. The Morgan fingerprint density at radius 3 is 2.56 bits per heavy atom. The molecule has 0 aliphatic heterocycles. The van der Waals surface area contributed by atoms with Crippen LogP contribution in [0.15, 0.2) is 88.3 Å². The topological polar surface area (TPSA) is 64.4 Å². The molecule has 0 aliphatic carbocycles. The van der Waals surface area contributed by atoms with Crippen LogP contribution in [0.5, 0.6) is 5.75 Å². The van der Waals surface area contributed by atoms with Crippen molar-refractivity contribution >= 4 is 23.4 Å². The normalized spacial score (nSPS) is 10.7. The lowest BCUT2D eigenvalue weighted by Crippen LogP contribution is -2.12. The minimum absolute atomic E-state index is 0.180. The summed E-state index contributed by atoms with van der Waals surface area (Å²) >= 11 is 1.70. The number of carbonyl (C=O) groups is 1. The van der Waals surface area contributed by atoms with Crippen molar-refractivity contribution in [3.63, 3.8) is 0 Å². The van der Waals surface area contributed by atoms with E-state index in [0.29, 0.717) is 17.9 Å². The summed E-state index contributed by atoms with van der Waals surface area (Å²) in [7, 11) is 0. The average molecular weight is 445 g/mol. The van der Waals surface area contributed by atoms with E-state index in [0.717, 1.165) is 33.4 Å². The summed E-state index contributed by atoms with van der Waals surface area (Å²) in [6.07, 6.45) is 0. The molecule has 0 radical (unpaired) electrons. The number of benzene rings is 3. The molecule has 1 heterocycles. The van der Waals surface area contributed by atoms with Gasteiger partial charge in [0.15, 0.2) is 0 Å². The number of ether oxygens (including phenoxy) is 1. The van der Waals surface area contributed by atoms with E-state index in [1.54, 1.807) is 23.9 Å². The summed E-state index contributed by atoms with van der Waals surface area (Å²) in [5, 5.41) is 6.98. The van der Waals surface area contributed by atoms with Gasteiger partial charge in [0.1, 0.15) is 18.1 Å². The van der Waals surface area contributed by atoms with Crippen LogP contribution in [0, 0.1) is 13.8 Å². The molecule has 1 amide bonds. The minimum Gasteiger partial charge on any atom is -0.489 e. The summed E-state index contributed by atoms with van der Waals surface area (Å²) in [6, 6.07) is 25.3. The molecule has 1 N–H and O–H groups in total. The third-order valence-electron chi connectivity index (χ3n) is 5.03. The number of thioether (sulfide) groups is 1. The van der Waals surface area contributed by atoms with Gasteiger partial charge in [0.05, 0.1) is 16.9 Å². The number of aryl methyl sites for hydroxylation is 2. The molecule has 0 atom stereocenters. The Labute approximate surface area is 191 Å². The summed E-state index contributed by atoms with van der Waals surface area (Å²) < 4.78 is 11.1. The van der Waals surface area contributed by atoms with Crippen molar-refractivity contribution in [2.75, 3.05) is 5.32 Å². The molecule has 3 aromatic carbocycles. The Hall–Kier alpha value is -3.51. The molecule has 0 fully saturated rings. The SMILES string of the molecule is Cc1noc(C)c1COc1cccc(C(=O)Nc2ccccc2SCc2ccccc2)c1. The number of nitrogens with zero attached hydrogens (tertiary/aromatic N) is 1. The highest BCUT2D eigenvalue weighted by molar-refractivity contribution is 7.98. The lowest BCUT2D eigenvalue weighted by atomic mass is 10.2. The van der Waals surface area contributed by atoms with Crippen molar-refractivity contribution in [1.29, 1.82) is 0 Å². The Morgan fingerprint density at radius 2 is 1.78 bits per heavy atom. The monoisotopic (exact) mass is 444 g/mol. The van der Waals surface area contributed by atoms with Crippen molar-refractivity contribution < 1.29 is 14.1 Å². The van der Waals surface area contributed by atoms with Gasteiger partial charge < -0.3 is 14.6 Å². The van der Waals surface area contributed by atoms with E-state index in [1.807, 2.05) is 68.4 Å². The molecule has 1 aromatic heterocycles. The lowest BCUT2D eigenvalue weighted by molar-refractivity contribution is 0.102. The number of rotatable bonds is 8. The number of hydrogen-bond donors (Lipinski definition) is 1. The number of hydrogen-bond acceptors (Lipinski definition) is 5. The predicted octanol–water partition coefficient (Wildman–Crippen LogP) is 6.42. The summed E-state index contributed by atoms with van der Waals surface area (Å²) in [4.78, 5) is 14.0. The van der Waals surface area contributed by atoms with Gasteiger partial charge in [-0.3, -0.25) is 4.79 Å². The number of anilines is 1. The fourth-order valence-electron chi connectivity index (χ4n) is 3.22. The second-order valence-electron chi connectivity index (χ2n) is 7.34. The fraction of sp³-hybridized carbons (Fsp3) is 0.154. The lowest BCUT2D eigenvalue weighted by Gasteiger charge is -2.12. The van der Waals surface area contributed by atoms with E-state index in [9.17, 15) is 4.79 Å². The van der Waals surface area contributed by atoms with Gasteiger partial charge in [0, 0.05) is 16.2 Å². The van der Waals surface area contributed by atoms with Crippen LogP contribution in [0.2, 0.25) is 0 Å². The molecule has 32 heavy (non-hydrogen) atoms. The molecule has 0 bridgehead atoms. The third-order valence-corrected chi connectivity index (χ3v) is 6.18. The van der Waals surface area contributed by atoms with Gasteiger partial charge in [-0.15, -0.1) is 11.8 Å². The fourth-order valence-corrected chi connectivity index (χ4v) is 4.18. The zero-order valence-corrected chi connectivity index (χ0v) is 18.8. The van der Waals surface area contributed by atoms with Gasteiger partial charge in [-0.1, -0.05) is 53.7 Å². The maximum atomic E-state index is 12.9. The third kappa shape index (κ3) is 5.39. The number of para-hydroxylation sites is 1. The summed E-state index contributed by atoms with van der Waals surface area (Å²) in [5.74, 6) is 2.00. The van der Waals surface area contributed by atoms with Crippen molar-refractivity contribution in [2.45, 2.75) is 31.1 Å². The Morgan fingerprint density at radius 1 is 1.00 bits per heavy atom. The van der Waals surface area contributed by atoms with Crippen molar-refractivity contribution in [3.05, 3.63) is 107 Å². The van der Waals surface area contributed by atoms with Gasteiger partial charge in [-0.2, -0.15) is 0 Å². The van der Waals surface area contributed by atoms with Gasteiger partial charge >= 0.3 is 0 Å². The second kappa shape index (κ2) is 10.2. The van der Waals surface area contributed by atoms with E-state index < -0.39 is 0 Å². The van der Waals surface area contributed by atoms with Gasteiger partial charge in [0.25, 0.3) is 5.91 Å². The van der Waals surface area contributed by atoms with E-state index >= 15 is 0 Å². The summed E-state index contributed by atoms with van der Waals surface area (Å²) in [5.41, 5.74) is 4.29. The van der Waals surface area contributed by atoms with Crippen LogP contribution >= 0.6 is 11.8 Å². The zero-order chi connectivity index (χ0) is 22.3. The number of nitrogens with one attached hydrogen (secondary N) is 1. The molecule has 0 saturated heterocycles. The first-order valence-corrected chi connectivity index (χ1v) is 11.3. The van der Waals surface area contributed by atoms with E-state index in [1.165, 1.54) is 5.56 Å². The van der Waals surface area contributed by atoms with Gasteiger partial charge in [0.2, 0.25) is 0 Å². The Balaban J connectivity index is 1.42. The summed E-state index contributed by atoms with van der Waals surface area (Å²) in [6.45, 7) is 4.08. The molecule has 5 nitrogen and oxygen atoms in total. The van der Waals surface area contributed by atoms with Crippen molar-refractivity contribution in [1.82, 2.24) is 5.16 Å². The highest BCUT2D eigenvalue weighted by atomic mass is 32.2. The first-order valence-electron chi connectivity index (χ1n) is 10.3. The molecule has 4 aromatic rings. The highest BCUT2D eigenvalue weighted by Crippen LogP contribution is 2.30. The van der Waals surface area contributed by atoms with E-state index in [2.05, 4.69) is 22.6 Å². The molecule has 0 spiro atoms. The number of carbonyl (C=O) groups excluding carboxylic acids is 1. The minimum atomic E-state index is -0.180. The Kier molecular flexibility index (Phi) is 6.92. The van der Waals surface area contributed by atoms with Crippen LogP contribution in [-0.4, -0.2) is 11.1 Å². The number of aromatic nitrogens is 1. The van der Waals surface area contributed by atoms with Gasteiger partial charge in [-0.05, 0) is 49.7 Å². The largest absolute Gasteiger partial charge is 0.489 e. The van der Waals surface area contributed by atoms with Crippen molar-refractivity contribution in [3.8, 4) is 5.75 Å². The van der Waals surface area contributed by atoms with Crippen LogP contribution in [0.1, 0.15) is 32.9 Å². The molecular formula is C26H24N2O3S. The maximum absolute atomic E-state index is 12.9. The van der Waals surface area contributed by atoms with Gasteiger partial charge in [-0.25, -0.2) is 0 Å². The van der Waals surface area contributed by atoms with E-state index in [4.69, 9.17) is 9.26 Å².